The molecule has 20 heavy (non-hydrogen) atoms. The zero-order chi connectivity index (χ0) is 14.7. The summed E-state index contributed by atoms with van der Waals surface area (Å²) in [6.07, 6.45) is 2.31. The molecule has 0 saturated carbocycles. The second-order valence-electron chi connectivity index (χ2n) is 5.71. The van der Waals surface area contributed by atoms with Crippen LogP contribution >= 0.6 is 0 Å². The van der Waals surface area contributed by atoms with E-state index in [0.717, 1.165) is 25.1 Å². The van der Waals surface area contributed by atoms with Crippen molar-refractivity contribution in [3.63, 3.8) is 0 Å². The molecule has 0 spiro atoms. The Bertz CT molecular complexity index is 457. The first-order chi connectivity index (χ1) is 9.47. The maximum absolute atomic E-state index is 13.2. The van der Waals surface area contributed by atoms with Crippen molar-refractivity contribution >= 4 is 12.6 Å². The zero-order valence-corrected chi connectivity index (χ0v) is 12.1. The minimum absolute atomic E-state index is 0.261. The van der Waals surface area contributed by atoms with Gasteiger partial charge < -0.3 is 14.9 Å². The van der Waals surface area contributed by atoms with Crippen LogP contribution in [0.2, 0.25) is 0 Å². The maximum Gasteiger partial charge on any atom is 0.488 e. The molecule has 1 atom stereocenters. The van der Waals surface area contributed by atoms with E-state index in [1.54, 1.807) is 6.07 Å². The number of piperidine rings is 1. The van der Waals surface area contributed by atoms with Crippen LogP contribution < -0.4 is 5.46 Å². The predicted molar refractivity (Wildman–Crippen MR) is 78.2 cm³/mol. The van der Waals surface area contributed by atoms with Gasteiger partial charge in [0.1, 0.15) is 5.82 Å². The van der Waals surface area contributed by atoms with Crippen LogP contribution in [0.25, 0.3) is 0 Å². The van der Waals surface area contributed by atoms with Crippen molar-refractivity contribution in [2.75, 3.05) is 27.2 Å². The summed E-state index contributed by atoms with van der Waals surface area (Å²) in [5.41, 5.74) is 1.04. The van der Waals surface area contributed by atoms with E-state index in [0.29, 0.717) is 12.6 Å². The molecule has 0 aromatic heterocycles. The molecule has 2 rings (SSSR count). The molecule has 1 aromatic rings. The zero-order valence-electron chi connectivity index (χ0n) is 12.1. The van der Waals surface area contributed by atoms with E-state index in [1.807, 2.05) is 0 Å². The molecule has 0 aliphatic carbocycles. The molecule has 1 unspecified atom stereocenters. The lowest BCUT2D eigenvalue weighted by atomic mass is 9.76. The van der Waals surface area contributed by atoms with E-state index in [4.69, 9.17) is 0 Å². The molecule has 1 heterocycles. The minimum Gasteiger partial charge on any atom is -0.423 e. The van der Waals surface area contributed by atoms with Gasteiger partial charge in [-0.25, -0.2) is 4.39 Å². The van der Waals surface area contributed by atoms with Gasteiger partial charge in [0.2, 0.25) is 0 Å². The van der Waals surface area contributed by atoms with Crippen molar-refractivity contribution in [1.29, 1.82) is 0 Å². The van der Waals surface area contributed by atoms with Gasteiger partial charge in [-0.3, -0.25) is 4.90 Å². The number of hydrogen-bond donors (Lipinski definition) is 2. The Hall–Kier alpha value is -0.945. The van der Waals surface area contributed by atoms with Gasteiger partial charge in [-0.2, -0.15) is 0 Å². The molecule has 0 radical (unpaired) electrons. The van der Waals surface area contributed by atoms with Crippen LogP contribution in [-0.2, 0) is 6.54 Å². The first-order valence-corrected chi connectivity index (χ1v) is 7.00. The number of halogens is 1. The van der Waals surface area contributed by atoms with Crippen molar-refractivity contribution in [3.05, 3.63) is 29.6 Å². The summed E-state index contributed by atoms with van der Waals surface area (Å²) in [5.74, 6) is -0.443. The van der Waals surface area contributed by atoms with Gasteiger partial charge in [0.05, 0.1) is 0 Å². The third kappa shape index (κ3) is 3.79. The fourth-order valence-electron chi connectivity index (χ4n) is 2.79. The highest BCUT2D eigenvalue weighted by Crippen LogP contribution is 2.16. The number of likely N-dealkylation sites (N-methyl/N-ethyl adjacent to an activating group) is 1. The van der Waals surface area contributed by atoms with Crippen LogP contribution in [0.1, 0.15) is 18.4 Å². The monoisotopic (exact) mass is 280 g/mol. The van der Waals surface area contributed by atoms with E-state index < -0.39 is 12.9 Å². The average molecular weight is 280 g/mol. The third-order valence-corrected chi connectivity index (χ3v) is 3.99. The van der Waals surface area contributed by atoms with Gasteiger partial charge in [-0.15, -0.1) is 0 Å². The molecule has 0 amide bonds. The average Bonchev–Trinajstić information content (AvgIpc) is 2.41. The fraction of sp³-hybridized carbons (Fsp3) is 0.571. The summed E-state index contributed by atoms with van der Waals surface area (Å²) in [4.78, 5) is 4.51. The van der Waals surface area contributed by atoms with Gasteiger partial charge in [0, 0.05) is 19.1 Å². The predicted octanol–water partition coefficient (Wildman–Crippen LogP) is 0.0315. The van der Waals surface area contributed by atoms with E-state index in [2.05, 4.69) is 23.9 Å². The molecular formula is C14H22BFN2O2. The number of likely N-dealkylation sites (tertiary alicyclic amines) is 1. The van der Waals surface area contributed by atoms with Crippen LogP contribution in [0.4, 0.5) is 4.39 Å². The Labute approximate surface area is 120 Å². The summed E-state index contributed by atoms with van der Waals surface area (Å²) in [6, 6.07) is 4.73. The summed E-state index contributed by atoms with van der Waals surface area (Å²) in [6.45, 7) is 2.56. The number of hydrogen-bond acceptors (Lipinski definition) is 4. The van der Waals surface area contributed by atoms with Crippen molar-refractivity contribution in [2.45, 2.75) is 25.4 Å². The third-order valence-electron chi connectivity index (χ3n) is 3.99. The van der Waals surface area contributed by atoms with Gasteiger partial charge >= 0.3 is 7.12 Å². The normalized spacial score (nSPS) is 20.4. The van der Waals surface area contributed by atoms with Crippen LogP contribution in [0.15, 0.2) is 18.2 Å². The second-order valence-corrected chi connectivity index (χ2v) is 5.71. The summed E-state index contributed by atoms with van der Waals surface area (Å²) in [5, 5.41) is 18.7. The largest absolute Gasteiger partial charge is 0.488 e. The van der Waals surface area contributed by atoms with Crippen LogP contribution in [0.5, 0.6) is 0 Å². The molecule has 2 N–H and O–H groups in total. The van der Waals surface area contributed by atoms with Crippen LogP contribution in [0.3, 0.4) is 0 Å². The van der Waals surface area contributed by atoms with Gasteiger partial charge in [0.25, 0.3) is 0 Å². The Morgan fingerprint density at radius 2 is 2.15 bits per heavy atom. The molecule has 1 aliphatic heterocycles. The molecule has 110 valence electrons. The first-order valence-electron chi connectivity index (χ1n) is 7.00. The Balaban J connectivity index is 2.09. The smallest absolute Gasteiger partial charge is 0.423 e. The lowest BCUT2D eigenvalue weighted by Gasteiger charge is -2.36. The number of rotatable bonds is 4. The number of nitrogens with zero attached hydrogens (tertiary/aromatic N) is 2. The Morgan fingerprint density at radius 3 is 2.80 bits per heavy atom. The first kappa shape index (κ1) is 15.4. The summed E-state index contributed by atoms with van der Waals surface area (Å²) in [7, 11) is 2.53. The van der Waals surface area contributed by atoms with E-state index >= 15 is 0 Å². The molecule has 4 nitrogen and oxygen atoms in total. The van der Waals surface area contributed by atoms with Gasteiger partial charge in [-0.05, 0) is 56.6 Å². The molecule has 6 heteroatoms. The van der Waals surface area contributed by atoms with Crippen molar-refractivity contribution < 1.29 is 14.4 Å². The molecule has 0 bridgehead atoms. The van der Waals surface area contributed by atoms with Crippen LogP contribution in [0, 0.1) is 5.82 Å². The van der Waals surface area contributed by atoms with E-state index in [-0.39, 0.29) is 5.46 Å². The van der Waals surface area contributed by atoms with E-state index in [1.165, 1.54) is 18.6 Å². The fourth-order valence-corrected chi connectivity index (χ4v) is 2.79. The molecule has 1 aromatic carbocycles. The highest BCUT2D eigenvalue weighted by atomic mass is 19.1. The van der Waals surface area contributed by atoms with Gasteiger partial charge in [0.15, 0.2) is 0 Å². The molecular weight excluding hydrogens is 258 g/mol. The molecule has 1 fully saturated rings. The highest BCUT2D eigenvalue weighted by Gasteiger charge is 2.23. The number of benzene rings is 1. The van der Waals surface area contributed by atoms with Crippen LogP contribution in [-0.4, -0.2) is 60.2 Å². The van der Waals surface area contributed by atoms with Crippen molar-refractivity contribution in [1.82, 2.24) is 9.80 Å². The topological polar surface area (TPSA) is 46.9 Å². The standard InChI is InChI=1S/C14H22BFN2O2/c1-17(2)13-4-3-7-18(10-13)9-11-5-6-12(16)8-14(11)15(19)20/h5-6,8,13,19-20H,3-4,7,9-10H2,1-2H3. The van der Waals surface area contributed by atoms with Crippen molar-refractivity contribution in [3.8, 4) is 0 Å². The quantitative estimate of drug-likeness (QED) is 0.764. The minimum atomic E-state index is -1.63. The lowest BCUT2D eigenvalue weighted by molar-refractivity contribution is 0.128. The molecule has 1 aliphatic rings. The Morgan fingerprint density at radius 1 is 1.40 bits per heavy atom. The van der Waals surface area contributed by atoms with Crippen molar-refractivity contribution in [2.24, 2.45) is 0 Å². The Kier molecular flexibility index (Phi) is 5.15. The lowest BCUT2D eigenvalue weighted by Crippen LogP contribution is -2.45. The SMILES string of the molecule is CN(C)C1CCCN(Cc2ccc(F)cc2B(O)O)C1. The van der Waals surface area contributed by atoms with Gasteiger partial charge in [-0.1, -0.05) is 6.07 Å². The summed E-state index contributed by atoms with van der Waals surface area (Å²) < 4.78 is 13.2. The van der Waals surface area contributed by atoms with E-state index in [9.17, 15) is 14.4 Å². The molecule has 1 saturated heterocycles. The highest BCUT2D eigenvalue weighted by molar-refractivity contribution is 6.59. The maximum atomic E-state index is 13.2. The summed E-state index contributed by atoms with van der Waals surface area (Å²) >= 11 is 0. The second kappa shape index (κ2) is 6.67.